The number of rotatable bonds is 6. The van der Waals surface area contributed by atoms with E-state index in [2.05, 4.69) is 41.8 Å². The fourth-order valence-corrected chi connectivity index (χ4v) is 2.54. The Balaban J connectivity index is 2.02. The summed E-state index contributed by atoms with van der Waals surface area (Å²) in [6.07, 6.45) is 0. The summed E-state index contributed by atoms with van der Waals surface area (Å²) in [5.74, 6) is 0.823. The molecule has 0 fully saturated rings. The maximum Gasteiger partial charge on any atom is 0.171 e. The summed E-state index contributed by atoms with van der Waals surface area (Å²) < 4.78 is 5.16. The van der Waals surface area contributed by atoms with Crippen molar-refractivity contribution in [2.45, 2.75) is 6.04 Å². The van der Waals surface area contributed by atoms with Gasteiger partial charge >= 0.3 is 0 Å². The number of likely N-dealkylation sites (N-methyl/N-ethyl adjacent to an activating group) is 1. The Bertz CT molecular complexity index is 614. The first-order valence-corrected chi connectivity index (χ1v) is 7.90. The molecule has 0 spiro atoms. The van der Waals surface area contributed by atoms with Crippen LogP contribution in [0.3, 0.4) is 0 Å². The lowest BCUT2D eigenvalue weighted by atomic mass is 10.1. The SMILES string of the molecule is COc1ccc(NC(=S)N[C@@H](CN(C)C)c2ccccc2)cc1. The molecule has 0 unspecified atom stereocenters. The Kier molecular flexibility index (Phi) is 6.38. The Hall–Kier alpha value is -2.11. The number of hydrogen-bond acceptors (Lipinski definition) is 3. The molecule has 0 amide bonds. The Morgan fingerprint density at radius 3 is 2.30 bits per heavy atom. The Labute approximate surface area is 143 Å². The van der Waals surface area contributed by atoms with Crippen LogP contribution in [0.25, 0.3) is 0 Å². The molecule has 122 valence electrons. The summed E-state index contributed by atoms with van der Waals surface area (Å²) in [5.41, 5.74) is 2.14. The maximum absolute atomic E-state index is 5.45. The smallest absolute Gasteiger partial charge is 0.171 e. The zero-order valence-corrected chi connectivity index (χ0v) is 14.6. The van der Waals surface area contributed by atoms with Crippen molar-refractivity contribution in [3.63, 3.8) is 0 Å². The topological polar surface area (TPSA) is 36.5 Å². The minimum atomic E-state index is 0.129. The van der Waals surface area contributed by atoms with Crippen LogP contribution >= 0.6 is 12.2 Å². The third-order valence-electron chi connectivity index (χ3n) is 3.40. The van der Waals surface area contributed by atoms with Crippen molar-refractivity contribution >= 4 is 23.0 Å². The van der Waals surface area contributed by atoms with Crippen LogP contribution in [0.5, 0.6) is 5.75 Å². The highest BCUT2D eigenvalue weighted by molar-refractivity contribution is 7.80. The van der Waals surface area contributed by atoms with Crippen LogP contribution in [0.2, 0.25) is 0 Å². The standard InChI is InChI=1S/C18H23N3OS/c1-21(2)13-17(14-7-5-4-6-8-14)20-18(23)19-15-9-11-16(22-3)12-10-15/h4-12,17H,13H2,1-3H3,(H2,19,20,23)/t17-/m0/s1. The highest BCUT2D eigenvalue weighted by atomic mass is 32.1. The van der Waals surface area contributed by atoms with Gasteiger partial charge in [-0.2, -0.15) is 0 Å². The first kappa shape index (κ1) is 17.2. The zero-order chi connectivity index (χ0) is 16.7. The number of methoxy groups -OCH3 is 1. The van der Waals surface area contributed by atoms with Crippen molar-refractivity contribution in [1.29, 1.82) is 0 Å². The van der Waals surface area contributed by atoms with Gasteiger partial charge in [0.25, 0.3) is 0 Å². The van der Waals surface area contributed by atoms with E-state index in [-0.39, 0.29) is 6.04 Å². The molecular weight excluding hydrogens is 306 g/mol. The molecule has 0 radical (unpaired) electrons. The number of hydrogen-bond donors (Lipinski definition) is 2. The van der Waals surface area contributed by atoms with Gasteiger partial charge in [-0.25, -0.2) is 0 Å². The van der Waals surface area contributed by atoms with Gasteiger partial charge in [-0.15, -0.1) is 0 Å². The first-order chi connectivity index (χ1) is 11.1. The fraction of sp³-hybridized carbons (Fsp3) is 0.278. The molecule has 0 aromatic heterocycles. The van der Waals surface area contributed by atoms with Crippen LogP contribution in [0.4, 0.5) is 5.69 Å². The van der Waals surface area contributed by atoms with Crippen molar-refractivity contribution in [3.8, 4) is 5.75 Å². The molecule has 0 bridgehead atoms. The molecule has 5 heteroatoms. The largest absolute Gasteiger partial charge is 0.497 e. The van der Waals surface area contributed by atoms with Crippen LogP contribution in [-0.4, -0.2) is 37.8 Å². The normalized spacial score (nSPS) is 11.8. The van der Waals surface area contributed by atoms with Crippen LogP contribution in [0.15, 0.2) is 54.6 Å². The van der Waals surface area contributed by atoms with Gasteiger partial charge in [0.2, 0.25) is 0 Å². The second-order valence-electron chi connectivity index (χ2n) is 5.55. The van der Waals surface area contributed by atoms with Gasteiger partial charge in [-0.3, -0.25) is 0 Å². The molecule has 2 aromatic rings. The van der Waals surface area contributed by atoms with E-state index < -0.39 is 0 Å². The summed E-state index contributed by atoms with van der Waals surface area (Å²) >= 11 is 5.45. The summed E-state index contributed by atoms with van der Waals surface area (Å²) in [5, 5.41) is 7.20. The molecule has 0 aliphatic carbocycles. The van der Waals surface area contributed by atoms with Crippen LogP contribution in [-0.2, 0) is 0 Å². The molecule has 4 nitrogen and oxygen atoms in total. The highest BCUT2D eigenvalue weighted by Crippen LogP contribution is 2.16. The third kappa shape index (κ3) is 5.54. The molecule has 0 heterocycles. The molecule has 0 aliphatic heterocycles. The monoisotopic (exact) mass is 329 g/mol. The minimum Gasteiger partial charge on any atom is -0.497 e. The number of thiocarbonyl (C=S) groups is 1. The highest BCUT2D eigenvalue weighted by Gasteiger charge is 2.13. The Morgan fingerprint density at radius 2 is 1.74 bits per heavy atom. The molecule has 2 N–H and O–H groups in total. The number of ether oxygens (including phenoxy) is 1. The number of nitrogens with one attached hydrogen (secondary N) is 2. The lowest BCUT2D eigenvalue weighted by Crippen LogP contribution is -2.37. The first-order valence-electron chi connectivity index (χ1n) is 7.49. The number of anilines is 1. The molecule has 23 heavy (non-hydrogen) atoms. The zero-order valence-electron chi connectivity index (χ0n) is 13.7. The Morgan fingerprint density at radius 1 is 1.09 bits per heavy atom. The number of nitrogens with zero attached hydrogens (tertiary/aromatic N) is 1. The lowest BCUT2D eigenvalue weighted by Gasteiger charge is -2.24. The molecule has 2 aromatic carbocycles. The molecule has 0 aliphatic rings. The molecule has 1 atom stereocenters. The van der Waals surface area contributed by atoms with E-state index in [1.165, 1.54) is 5.56 Å². The van der Waals surface area contributed by atoms with E-state index in [4.69, 9.17) is 17.0 Å². The van der Waals surface area contributed by atoms with E-state index in [0.29, 0.717) is 5.11 Å². The quantitative estimate of drug-likeness (QED) is 0.796. The van der Waals surface area contributed by atoms with Gasteiger partial charge in [0, 0.05) is 12.2 Å². The van der Waals surface area contributed by atoms with Crippen molar-refractivity contribution in [2.75, 3.05) is 33.1 Å². The van der Waals surface area contributed by atoms with Gasteiger partial charge in [0.15, 0.2) is 5.11 Å². The van der Waals surface area contributed by atoms with Gasteiger partial charge < -0.3 is 20.3 Å². The van der Waals surface area contributed by atoms with E-state index in [1.807, 2.05) is 42.5 Å². The average molecular weight is 329 g/mol. The predicted octanol–water partition coefficient (Wildman–Crippen LogP) is 3.28. The summed E-state index contributed by atoms with van der Waals surface area (Å²) in [7, 11) is 5.76. The van der Waals surface area contributed by atoms with Crippen molar-refractivity contribution in [2.24, 2.45) is 0 Å². The lowest BCUT2D eigenvalue weighted by molar-refractivity contribution is 0.363. The van der Waals surface area contributed by atoms with E-state index >= 15 is 0 Å². The van der Waals surface area contributed by atoms with E-state index in [9.17, 15) is 0 Å². The fourth-order valence-electron chi connectivity index (χ4n) is 2.28. The number of benzene rings is 2. The maximum atomic E-state index is 5.45. The molecule has 2 rings (SSSR count). The van der Waals surface area contributed by atoms with Crippen molar-refractivity contribution in [1.82, 2.24) is 10.2 Å². The third-order valence-corrected chi connectivity index (χ3v) is 3.62. The van der Waals surface area contributed by atoms with Gasteiger partial charge in [0.1, 0.15) is 5.75 Å². The molecule has 0 saturated heterocycles. The van der Waals surface area contributed by atoms with E-state index in [0.717, 1.165) is 18.0 Å². The molecular formula is C18H23N3OS. The van der Waals surface area contributed by atoms with Crippen LogP contribution in [0.1, 0.15) is 11.6 Å². The van der Waals surface area contributed by atoms with Crippen LogP contribution < -0.4 is 15.4 Å². The van der Waals surface area contributed by atoms with Gasteiger partial charge in [-0.1, -0.05) is 30.3 Å². The second kappa shape index (κ2) is 8.50. The molecule has 0 saturated carbocycles. The van der Waals surface area contributed by atoms with Gasteiger partial charge in [-0.05, 0) is 56.1 Å². The van der Waals surface area contributed by atoms with Crippen LogP contribution in [0, 0.1) is 0 Å². The summed E-state index contributed by atoms with van der Waals surface area (Å²) in [6, 6.07) is 18.1. The van der Waals surface area contributed by atoms with Crippen molar-refractivity contribution < 1.29 is 4.74 Å². The average Bonchev–Trinajstić information content (AvgIpc) is 2.55. The minimum absolute atomic E-state index is 0.129. The van der Waals surface area contributed by atoms with Gasteiger partial charge in [0.05, 0.1) is 13.2 Å². The van der Waals surface area contributed by atoms with Crippen molar-refractivity contribution in [3.05, 3.63) is 60.2 Å². The van der Waals surface area contributed by atoms with E-state index in [1.54, 1.807) is 7.11 Å². The second-order valence-corrected chi connectivity index (χ2v) is 5.96. The predicted molar refractivity (Wildman–Crippen MR) is 100 cm³/mol. The summed E-state index contributed by atoms with van der Waals surface area (Å²) in [6.45, 7) is 0.856. The summed E-state index contributed by atoms with van der Waals surface area (Å²) in [4.78, 5) is 2.14.